The number of thiophene rings is 1. The minimum absolute atomic E-state index is 0. The Kier molecular flexibility index (Phi) is 50.5. The molecule has 0 aliphatic carbocycles. The summed E-state index contributed by atoms with van der Waals surface area (Å²) >= 11 is 1.59. The molecular weight excluding hydrogens is 184 g/mol. The molecule has 5 heteroatoms. The van der Waals surface area contributed by atoms with Crippen LogP contribution in [0.4, 0.5) is 0 Å². The molecule has 1 rings (SSSR count). The van der Waals surface area contributed by atoms with Crippen molar-refractivity contribution in [1.82, 2.24) is 0 Å². The zero-order chi connectivity index (χ0) is 5.54. The summed E-state index contributed by atoms with van der Waals surface area (Å²) in [4.78, 5) is 0. The Balaban J connectivity index is -0.0000000189. The van der Waals surface area contributed by atoms with Gasteiger partial charge in [-0.05, 0) is 0 Å². The second-order valence-corrected chi connectivity index (χ2v) is 1.47. The first-order valence-corrected chi connectivity index (χ1v) is 2.50. The topological polar surface area (TPSA) is 23.8 Å². The predicted molar refractivity (Wildman–Crippen MR) is 35.0 cm³/mol. The molecule has 0 bridgehead atoms. The summed E-state index contributed by atoms with van der Waals surface area (Å²) in [7, 11) is 0. The van der Waals surface area contributed by atoms with Crippen molar-refractivity contribution in [2.24, 2.45) is 0 Å². The van der Waals surface area contributed by atoms with Crippen molar-refractivity contribution in [1.29, 1.82) is 5.26 Å². The first-order chi connectivity index (χ1) is 3.50. The van der Waals surface area contributed by atoms with E-state index in [1.54, 1.807) is 11.3 Å². The second-order valence-electron chi connectivity index (χ2n) is 0.731. The molecule has 1 nitrogen and oxygen atoms in total. The fourth-order valence-corrected chi connectivity index (χ4v) is 0.589. The van der Waals surface area contributed by atoms with E-state index in [0.717, 1.165) is 0 Å². The van der Waals surface area contributed by atoms with Crippen molar-refractivity contribution < 1.29 is 37.4 Å². The molecule has 10 heavy (non-hydrogen) atoms. The molecule has 0 aromatic carbocycles. The average molecular weight is 188 g/mol. The zero-order valence-corrected chi connectivity index (χ0v) is 7.65. The van der Waals surface area contributed by atoms with Gasteiger partial charge in [0, 0.05) is 18.9 Å². The third kappa shape index (κ3) is 16.0. The molecule has 0 fully saturated rings. The van der Waals surface area contributed by atoms with Crippen LogP contribution in [-0.4, -0.2) is 18.9 Å². The molecule has 2 radical (unpaired) electrons. The van der Waals surface area contributed by atoms with Crippen LogP contribution in [-0.2, 0) is 17.1 Å². The molecule has 0 unspecified atom stereocenters. The first kappa shape index (κ1) is 22.4. The Morgan fingerprint density at radius 1 is 1.50 bits per heavy atom. The zero-order valence-electron chi connectivity index (χ0n) is 6.89. The molecule has 1 aromatic heterocycles. The number of hydrogen-bond donors (Lipinski definition) is 0. The second kappa shape index (κ2) is 22.5. The third-order valence-corrected chi connectivity index (χ3v) is 0.944. The van der Waals surface area contributed by atoms with Crippen LogP contribution in [0.1, 0.15) is 1.43 Å². The van der Waals surface area contributed by atoms with Gasteiger partial charge in [-0.1, -0.05) is 0 Å². The Hall–Kier alpha value is 0.904. The quantitative estimate of drug-likeness (QED) is 0.354. The molecule has 0 aliphatic rings. The number of nitrogens with zero attached hydrogens (tertiary/aromatic N) is 1. The Morgan fingerprint density at radius 3 is 2.10 bits per heavy atom. The maximum absolute atomic E-state index is 6.25. The van der Waals surface area contributed by atoms with Gasteiger partial charge in [0.15, 0.2) is 0 Å². The Bertz CT molecular complexity index is 108. The van der Waals surface area contributed by atoms with Gasteiger partial charge < -0.3 is 24.6 Å². The normalized spacial score (nSPS) is 4.20. The van der Waals surface area contributed by atoms with Crippen LogP contribution in [0, 0.1) is 17.2 Å². The van der Waals surface area contributed by atoms with Crippen LogP contribution in [0.3, 0.4) is 0 Å². The van der Waals surface area contributed by atoms with Crippen LogP contribution in [0.25, 0.3) is 0 Å². The smallest absolute Gasteiger partial charge is 1.00 e. The Labute approximate surface area is 102 Å². The van der Waals surface area contributed by atoms with Crippen molar-refractivity contribution in [3.8, 4) is 0 Å². The molecule has 0 amide bonds. The summed E-state index contributed by atoms with van der Waals surface area (Å²) in [6.45, 7) is 4.75. The van der Waals surface area contributed by atoms with E-state index >= 15 is 0 Å². The predicted octanol–water partition coefficient (Wildman–Crippen LogP) is -1.62. The van der Waals surface area contributed by atoms with Crippen LogP contribution in [0.15, 0.2) is 17.5 Å². The van der Waals surface area contributed by atoms with Crippen molar-refractivity contribution in [2.75, 3.05) is 0 Å². The summed E-state index contributed by atoms with van der Waals surface area (Å²) < 4.78 is 0. The SMILES string of the molecule is [C-]#N.[Cu+2].[H-].[Li+].[Li].[c-]1cccs1. The van der Waals surface area contributed by atoms with Crippen LogP contribution >= 0.6 is 11.3 Å². The molecule has 48 valence electrons. The van der Waals surface area contributed by atoms with Crippen LogP contribution in [0.5, 0.6) is 0 Å². The minimum atomic E-state index is 0. The molecule has 1 heterocycles. The third-order valence-electron chi connectivity index (χ3n) is 0.379. The molecular formula is C5H4CuLi2NS. The fourth-order valence-electron chi connectivity index (χ4n) is 0.196. The summed E-state index contributed by atoms with van der Waals surface area (Å²) in [5.41, 5.74) is 0. The standard InChI is InChI=1S/C4H3S.CN.Cu.2Li.H/c1-2-4-5-3-1;1-2;;;;/h1-3H;;;;;/q2*-1;+2;;+1;-1. The van der Waals surface area contributed by atoms with Gasteiger partial charge in [-0.15, -0.1) is 5.38 Å². The van der Waals surface area contributed by atoms with E-state index in [1.165, 1.54) is 0 Å². The fraction of sp³-hybridized carbons (Fsp3) is 0. The van der Waals surface area contributed by atoms with Crippen molar-refractivity contribution in [3.05, 3.63) is 29.5 Å². The number of rotatable bonds is 0. The summed E-state index contributed by atoms with van der Waals surface area (Å²) in [6.07, 6.45) is 0. The van der Waals surface area contributed by atoms with E-state index in [9.17, 15) is 0 Å². The largest absolute Gasteiger partial charge is 2.00 e. The molecule has 0 spiro atoms. The summed E-state index contributed by atoms with van der Waals surface area (Å²) in [5.74, 6) is 0. The van der Waals surface area contributed by atoms with E-state index in [0.29, 0.717) is 0 Å². The van der Waals surface area contributed by atoms with E-state index in [4.69, 9.17) is 11.8 Å². The number of hydrogen-bond acceptors (Lipinski definition) is 2. The van der Waals surface area contributed by atoms with Crippen LogP contribution < -0.4 is 18.9 Å². The molecule has 0 saturated carbocycles. The monoisotopic (exact) mass is 187 g/mol. The van der Waals surface area contributed by atoms with Gasteiger partial charge in [0.05, 0.1) is 0 Å². The maximum Gasteiger partial charge on any atom is 2.00 e. The molecule has 0 atom stereocenters. The van der Waals surface area contributed by atoms with Gasteiger partial charge in [0.2, 0.25) is 0 Å². The van der Waals surface area contributed by atoms with Gasteiger partial charge >= 0.3 is 35.9 Å². The molecule has 0 N–H and O–H groups in total. The van der Waals surface area contributed by atoms with Crippen LogP contribution in [0.2, 0.25) is 0 Å². The van der Waals surface area contributed by atoms with Gasteiger partial charge in [-0.25, -0.2) is 6.07 Å². The molecule has 1 aromatic rings. The van der Waals surface area contributed by atoms with Gasteiger partial charge in [0.25, 0.3) is 0 Å². The van der Waals surface area contributed by atoms with E-state index in [-0.39, 0.29) is 56.2 Å². The van der Waals surface area contributed by atoms with Gasteiger partial charge in [-0.3, -0.25) is 0 Å². The van der Waals surface area contributed by atoms with Crippen molar-refractivity contribution in [2.45, 2.75) is 0 Å². The molecule has 0 aliphatic heterocycles. The van der Waals surface area contributed by atoms with Gasteiger partial charge in [-0.2, -0.15) is 11.4 Å². The minimum Gasteiger partial charge on any atom is -1.00 e. The van der Waals surface area contributed by atoms with Crippen molar-refractivity contribution in [3.63, 3.8) is 0 Å². The maximum atomic E-state index is 6.25. The molecule has 0 saturated heterocycles. The first-order valence-electron chi connectivity index (χ1n) is 1.62. The van der Waals surface area contributed by atoms with Gasteiger partial charge in [0.1, 0.15) is 0 Å². The Morgan fingerprint density at radius 2 is 2.00 bits per heavy atom. The van der Waals surface area contributed by atoms with Crippen molar-refractivity contribution >= 4 is 30.2 Å². The summed E-state index contributed by atoms with van der Waals surface area (Å²) in [6, 6.07) is 3.86. The van der Waals surface area contributed by atoms with E-state index < -0.39 is 0 Å². The van der Waals surface area contributed by atoms with E-state index in [2.05, 4.69) is 5.38 Å². The van der Waals surface area contributed by atoms with E-state index in [1.807, 2.05) is 17.5 Å². The average Bonchev–Trinajstić information content (AvgIpc) is 2.23. The summed E-state index contributed by atoms with van der Waals surface area (Å²) in [5, 5.41) is 11.1.